The van der Waals surface area contributed by atoms with Gasteiger partial charge in [0.05, 0.1) is 5.69 Å². The predicted molar refractivity (Wildman–Crippen MR) is 84.6 cm³/mol. The highest BCUT2D eigenvalue weighted by molar-refractivity contribution is 5.66. The lowest BCUT2D eigenvalue weighted by atomic mass is 10.0. The molecule has 0 amide bonds. The van der Waals surface area contributed by atoms with Gasteiger partial charge in [-0.25, -0.2) is 4.39 Å². The molecule has 0 unspecified atom stereocenters. The molecule has 0 spiro atoms. The summed E-state index contributed by atoms with van der Waals surface area (Å²) in [6.45, 7) is 5.89. The van der Waals surface area contributed by atoms with Gasteiger partial charge in [-0.05, 0) is 31.0 Å². The van der Waals surface area contributed by atoms with Crippen LogP contribution in [0.15, 0.2) is 24.4 Å². The van der Waals surface area contributed by atoms with E-state index in [9.17, 15) is 4.39 Å². The van der Waals surface area contributed by atoms with Crippen molar-refractivity contribution in [1.29, 1.82) is 0 Å². The lowest BCUT2D eigenvalue weighted by Crippen LogP contribution is -2.13. The minimum atomic E-state index is -0.170. The van der Waals surface area contributed by atoms with Crippen molar-refractivity contribution in [1.82, 2.24) is 15.1 Å². The number of aryl methyl sites for hydroxylation is 2. The van der Waals surface area contributed by atoms with Gasteiger partial charge < -0.3 is 5.32 Å². The molecule has 0 bridgehead atoms. The average molecular weight is 289 g/mol. The normalized spacial score (nSPS) is 11.0. The molecule has 2 aromatic rings. The summed E-state index contributed by atoms with van der Waals surface area (Å²) in [5.41, 5.74) is 3.50. The first-order valence-electron chi connectivity index (χ1n) is 7.67. The van der Waals surface area contributed by atoms with E-state index in [2.05, 4.69) is 24.3 Å². The van der Waals surface area contributed by atoms with Gasteiger partial charge in [0.1, 0.15) is 5.82 Å². The standard InChI is InChI=1S/C17H24FN3/c1-4-6-17-15(12-21(3)20-17)14-8-7-13(10-16(14)18)11-19-9-5-2/h7-8,10,12,19H,4-6,9,11H2,1-3H3. The molecule has 0 saturated carbocycles. The smallest absolute Gasteiger partial charge is 0.131 e. The lowest BCUT2D eigenvalue weighted by Gasteiger charge is -2.07. The van der Waals surface area contributed by atoms with Crippen molar-refractivity contribution in [3.63, 3.8) is 0 Å². The van der Waals surface area contributed by atoms with Crippen LogP contribution in [0.5, 0.6) is 0 Å². The summed E-state index contributed by atoms with van der Waals surface area (Å²) in [5.74, 6) is -0.170. The highest BCUT2D eigenvalue weighted by Gasteiger charge is 2.13. The maximum absolute atomic E-state index is 14.4. The summed E-state index contributed by atoms with van der Waals surface area (Å²) in [5, 5.41) is 7.73. The third kappa shape index (κ3) is 3.91. The molecule has 4 heteroatoms. The van der Waals surface area contributed by atoms with Gasteiger partial charge in [-0.3, -0.25) is 4.68 Å². The van der Waals surface area contributed by atoms with Crippen LogP contribution in [0.3, 0.4) is 0 Å². The van der Waals surface area contributed by atoms with Gasteiger partial charge in [0, 0.05) is 30.9 Å². The fraction of sp³-hybridized carbons (Fsp3) is 0.471. The van der Waals surface area contributed by atoms with Gasteiger partial charge in [0.2, 0.25) is 0 Å². The largest absolute Gasteiger partial charge is 0.313 e. The number of rotatable bonds is 7. The molecule has 0 saturated heterocycles. The molecule has 1 N–H and O–H groups in total. The molecule has 0 atom stereocenters. The Kier molecular flexibility index (Phi) is 5.51. The van der Waals surface area contributed by atoms with E-state index in [0.29, 0.717) is 12.1 Å². The zero-order valence-corrected chi connectivity index (χ0v) is 13.1. The minimum Gasteiger partial charge on any atom is -0.313 e. The number of hydrogen-bond donors (Lipinski definition) is 1. The molecular weight excluding hydrogens is 265 g/mol. The molecule has 0 aliphatic carbocycles. The second-order valence-corrected chi connectivity index (χ2v) is 5.40. The molecule has 21 heavy (non-hydrogen) atoms. The van der Waals surface area contributed by atoms with Crippen LogP contribution in [0.2, 0.25) is 0 Å². The van der Waals surface area contributed by atoms with Crippen LogP contribution in [0.25, 0.3) is 11.1 Å². The molecular formula is C17H24FN3. The fourth-order valence-corrected chi connectivity index (χ4v) is 2.48. The molecule has 1 aromatic carbocycles. The Morgan fingerprint density at radius 3 is 2.67 bits per heavy atom. The molecule has 2 rings (SSSR count). The fourth-order valence-electron chi connectivity index (χ4n) is 2.48. The first-order valence-corrected chi connectivity index (χ1v) is 7.67. The van der Waals surface area contributed by atoms with Crippen molar-refractivity contribution in [3.8, 4) is 11.1 Å². The first kappa shape index (κ1) is 15.7. The highest BCUT2D eigenvalue weighted by Crippen LogP contribution is 2.27. The van der Waals surface area contributed by atoms with Gasteiger partial charge >= 0.3 is 0 Å². The summed E-state index contributed by atoms with van der Waals surface area (Å²) in [7, 11) is 1.88. The lowest BCUT2D eigenvalue weighted by molar-refractivity contribution is 0.622. The third-order valence-corrected chi connectivity index (χ3v) is 3.47. The topological polar surface area (TPSA) is 29.9 Å². The Balaban J connectivity index is 2.24. The van der Waals surface area contributed by atoms with Gasteiger partial charge in [0.15, 0.2) is 0 Å². The van der Waals surface area contributed by atoms with Crippen molar-refractivity contribution in [3.05, 3.63) is 41.5 Å². The van der Waals surface area contributed by atoms with Gasteiger partial charge in [-0.15, -0.1) is 0 Å². The van der Waals surface area contributed by atoms with Crippen LogP contribution in [-0.2, 0) is 20.0 Å². The summed E-state index contributed by atoms with van der Waals surface area (Å²) >= 11 is 0. The van der Waals surface area contributed by atoms with Crippen LogP contribution >= 0.6 is 0 Å². The molecule has 1 aromatic heterocycles. The van der Waals surface area contributed by atoms with Crippen LogP contribution in [0.4, 0.5) is 4.39 Å². The SMILES string of the molecule is CCCNCc1ccc(-c2cn(C)nc2CCC)c(F)c1. The predicted octanol–water partition coefficient (Wildman–Crippen LogP) is 3.68. The van der Waals surface area contributed by atoms with Gasteiger partial charge in [0.25, 0.3) is 0 Å². The Morgan fingerprint density at radius 1 is 1.19 bits per heavy atom. The maximum Gasteiger partial charge on any atom is 0.131 e. The number of hydrogen-bond acceptors (Lipinski definition) is 2. The van der Waals surface area contributed by atoms with Crippen molar-refractivity contribution in [2.45, 2.75) is 39.7 Å². The minimum absolute atomic E-state index is 0.170. The summed E-state index contributed by atoms with van der Waals surface area (Å²) in [6, 6.07) is 5.49. The number of halogens is 1. The Labute approximate surface area is 126 Å². The van der Waals surface area contributed by atoms with Crippen LogP contribution in [-0.4, -0.2) is 16.3 Å². The van der Waals surface area contributed by atoms with Crippen molar-refractivity contribution in [2.75, 3.05) is 6.54 Å². The average Bonchev–Trinajstić information content (AvgIpc) is 2.80. The molecule has 3 nitrogen and oxygen atoms in total. The second kappa shape index (κ2) is 7.36. The summed E-state index contributed by atoms with van der Waals surface area (Å²) < 4.78 is 16.2. The molecule has 0 fully saturated rings. The molecule has 0 aliphatic rings. The molecule has 0 aliphatic heterocycles. The van der Waals surface area contributed by atoms with Crippen molar-refractivity contribution in [2.24, 2.45) is 7.05 Å². The zero-order valence-electron chi connectivity index (χ0n) is 13.1. The summed E-state index contributed by atoms with van der Waals surface area (Å²) in [4.78, 5) is 0. The number of benzene rings is 1. The van der Waals surface area contributed by atoms with E-state index in [-0.39, 0.29) is 5.82 Å². The van der Waals surface area contributed by atoms with Crippen LogP contribution < -0.4 is 5.32 Å². The first-order chi connectivity index (χ1) is 10.2. The van der Waals surface area contributed by atoms with E-state index in [1.54, 1.807) is 10.7 Å². The zero-order chi connectivity index (χ0) is 15.2. The van der Waals surface area contributed by atoms with E-state index in [0.717, 1.165) is 42.6 Å². The Bertz CT molecular complexity index is 590. The number of nitrogens with zero attached hydrogens (tertiary/aromatic N) is 2. The molecule has 1 heterocycles. The van der Waals surface area contributed by atoms with Crippen molar-refractivity contribution >= 4 is 0 Å². The number of nitrogens with one attached hydrogen (secondary N) is 1. The Morgan fingerprint density at radius 2 is 2.00 bits per heavy atom. The van der Waals surface area contributed by atoms with Gasteiger partial charge in [-0.2, -0.15) is 5.10 Å². The second-order valence-electron chi connectivity index (χ2n) is 5.40. The van der Waals surface area contributed by atoms with Crippen LogP contribution in [0.1, 0.15) is 37.9 Å². The van der Waals surface area contributed by atoms with E-state index in [1.165, 1.54) is 0 Å². The monoisotopic (exact) mass is 289 g/mol. The quantitative estimate of drug-likeness (QED) is 0.788. The van der Waals surface area contributed by atoms with E-state index in [1.807, 2.05) is 25.4 Å². The third-order valence-electron chi connectivity index (χ3n) is 3.47. The van der Waals surface area contributed by atoms with Gasteiger partial charge in [-0.1, -0.05) is 32.4 Å². The van der Waals surface area contributed by atoms with E-state index >= 15 is 0 Å². The molecule has 114 valence electrons. The maximum atomic E-state index is 14.4. The summed E-state index contributed by atoms with van der Waals surface area (Å²) in [6.07, 6.45) is 4.86. The van der Waals surface area contributed by atoms with E-state index < -0.39 is 0 Å². The molecule has 0 radical (unpaired) electrons. The number of aromatic nitrogens is 2. The van der Waals surface area contributed by atoms with Crippen LogP contribution in [0, 0.1) is 5.82 Å². The van der Waals surface area contributed by atoms with E-state index in [4.69, 9.17) is 0 Å². The Hall–Kier alpha value is -1.68. The van der Waals surface area contributed by atoms with Crippen molar-refractivity contribution < 1.29 is 4.39 Å². The highest BCUT2D eigenvalue weighted by atomic mass is 19.1.